The molecule has 0 aliphatic carbocycles. The van der Waals surface area contributed by atoms with Crippen LogP contribution in [-0.4, -0.2) is 80.4 Å². The van der Waals surface area contributed by atoms with E-state index < -0.39 is 5.97 Å². The van der Waals surface area contributed by atoms with Gasteiger partial charge in [-0.1, -0.05) is 41.4 Å². The lowest BCUT2D eigenvalue weighted by atomic mass is 10.1. The molecule has 2 fully saturated rings. The zero-order valence-corrected chi connectivity index (χ0v) is 28.1. The van der Waals surface area contributed by atoms with E-state index in [1.807, 2.05) is 18.2 Å². The summed E-state index contributed by atoms with van der Waals surface area (Å²) >= 11 is 12.4. The van der Waals surface area contributed by atoms with Crippen LogP contribution in [-0.2, 0) is 15.9 Å². The summed E-state index contributed by atoms with van der Waals surface area (Å²) in [7, 11) is 0. The number of aromatic nitrogens is 5. The molecule has 3 aromatic heterocycles. The lowest BCUT2D eigenvalue weighted by molar-refractivity contribution is 0.0690. The Balaban J connectivity index is 0.000000178. The minimum atomic E-state index is -1.10. The SMILES string of the molecule is O=C(Cc1cccnc1)c1cc(-c2ccc(Cl)c(OC3CCOC3)c2)ncn1.O=C(O)c1cc(-c2ccc(Cl)c(OC3CCOC3)c2)ncn1. The van der Waals surface area contributed by atoms with Crippen molar-refractivity contribution in [3.8, 4) is 34.0 Å². The molecule has 1 N–H and O–H groups in total. The molecule has 5 heterocycles. The summed E-state index contributed by atoms with van der Waals surface area (Å²) in [6.45, 7) is 2.46. The first-order chi connectivity index (χ1) is 24.3. The fraction of sp³-hybridized carbons (Fsp3) is 0.250. The van der Waals surface area contributed by atoms with Crippen molar-refractivity contribution in [2.75, 3.05) is 26.4 Å². The van der Waals surface area contributed by atoms with Crippen molar-refractivity contribution in [2.24, 2.45) is 0 Å². The van der Waals surface area contributed by atoms with E-state index in [-0.39, 0.29) is 30.1 Å². The van der Waals surface area contributed by atoms with Crippen LogP contribution >= 0.6 is 23.2 Å². The molecule has 0 radical (unpaired) electrons. The summed E-state index contributed by atoms with van der Waals surface area (Å²) in [5.74, 6) is -0.0796. The van der Waals surface area contributed by atoms with E-state index in [0.717, 1.165) is 24.0 Å². The van der Waals surface area contributed by atoms with Crippen LogP contribution in [0.2, 0.25) is 10.0 Å². The predicted molar refractivity (Wildman–Crippen MR) is 184 cm³/mol. The van der Waals surface area contributed by atoms with Crippen LogP contribution in [0.5, 0.6) is 11.5 Å². The molecule has 2 unspecified atom stereocenters. The highest BCUT2D eigenvalue weighted by atomic mass is 35.5. The van der Waals surface area contributed by atoms with Crippen molar-refractivity contribution in [3.63, 3.8) is 0 Å². The highest BCUT2D eigenvalue weighted by Gasteiger charge is 2.21. The zero-order chi connectivity index (χ0) is 34.9. The third-order valence-electron chi connectivity index (χ3n) is 7.74. The molecule has 2 aromatic carbocycles. The number of Topliss-reactive ketones (excluding diaryl/α,β-unsaturated/α-hetero) is 1. The van der Waals surface area contributed by atoms with Crippen molar-refractivity contribution in [1.29, 1.82) is 0 Å². The molecule has 2 aliphatic heterocycles. The number of benzene rings is 2. The van der Waals surface area contributed by atoms with Gasteiger partial charge in [0.2, 0.25) is 0 Å². The predicted octanol–water partition coefficient (Wildman–Crippen LogP) is 6.45. The summed E-state index contributed by atoms with van der Waals surface area (Å²) < 4.78 is 22.4. The Hall–Kier alpha value is -5.01. The number of halogens is 2. The molecule has 0 bridgehead atoms. The number of carbonyl (C=O) groups is 2. The van der Waals surface area contributed by atoms with Gasteiger partial charge in [0.1, 0.15) is 42.1 Å². The van der Waals surface area contributed by atoms with E-state index in [1.165, 1.54) is 18.7 Å². The smallest absolute Gasteiger partial charge is 0.354 e. The molecule has 256 valence electrons. The van der Waals surface area contributed by atoms with Gasteiger partial charge in [-0.05, 0) is 48.0 Å². The highest BCUT2D eigenvalue weighted by molar-refractivity contribution is 6.32. The topological polar surface area (TPSA) is 156 Å². The number of hydrogen-bond acceptors (Lipinski definition) is 11. The summed E-state index contributed by atoms with van der Waals surface area (Å²) in [5.41, 5.74) is 3.78. The third-order valence-corrected chi connectivity index (χ3v) is 8.37. The largest absolute Gasteiger partial charge is 0.486 e. The molecule has 2 saturated heterocycles. The monoisotopic (exact) mass is 715 g/mol. The van der Waals surface area contributed by atoms with Gasteiger partial charge in [-0.2, -0.15) is 0 Å². The Morgan fingerprint density at radius 1 is 0.760 bits per heavy atom. The number of ketones is 1. The maximum absolute atomic E-state index is 12.6. The number of carboxylic acid groups (broad SMARTS) is 1. The lowest BCUT2D eigenvalue weighted by Gasteiger charge is -2.14. The quantitative estimate of drug-likeness (QED) is 0.158. The summed E-state index contributed by atoms with van der Waals surface area (Å²) in [6, 6.07) is 17.4. The molecule has 0 saturated carbocycles. The van der Waals surface area contributed by atoms with E-state index in [1.54, 1.807) is 48.8 Å². The van der Waals surface area contributed by atoms with Crippen molar-refractivity contribution in [3.05, 3.63) is 113 Å². The van der Waals surface area contributed by atoms with Crippen molar-refractivity contribution < 1.29 is 33.6 Å². The summed E-state index contributed by atoms with van der Waals surface area (Å²) in [6.07, 6.45) is 7.83. The Morgan fingerprint density at radius 2 is 1.32 bits per heavy atom. The molecule has 14 heteroatoms. The van der Waals surface area contributed by atoms with Gasteiger partial charge in [0.25, 0.3) is 0 Å². The Labute approximate surface area is 297 Å². The summed E-state index contributed by atoms with van der Waals surface area (Å²) in [4.78, 5) is 43.8. The van der Waals surface area contributed by atoms with Crippen LogP contribution in [0.3, 0.4) is 0 Å². The average molecular weight is 717 g/mol. The normalized spacial score (nSPS) is 16.7. The number of carboxylic acids is 1. The number of rotatable bonds is 10. The van der Waals surface area contributed by atoms with Gasteiger partial charge in [0, 0.05) is 42.8 Å². The molecule has 5 aromatic rings. The van der Waals surface area contributed by atoms with Crippen LogP contribution in [0, 0.1) is 0 Å². The Kier molecular flexibility index (Phi) is 11.6. The zero-order valence-electron chi connectivity index (χ0n) is 26.6. The van der Waals surface area contributed by atoms with Gasteiger partial charge in [-0.15, -0.1) is 0 Å². The van der Waals surface area contributed by atoms with Crippen molar-refractivity contribution in [1.82, 2.24) is 24.9 Å². The van der Waals surface area contributed by atoms with Crippen LogP contribution in [0.4, 0.5) is 0 Å². The van der Waals surface area contributed by atoms with E-state index in [9.17, 15) is 9.59 Å². The van der Waals surface area contributed by atoms with Gasteiger partial charge in [0.15, 0.2) is 11.5 Å². The third kappa shape index (κ3) is 9.16. The second-order valence-corrected chi connectivity index (χ2v) is 12.2. The second-order valence-electron chi connectivity index (χ2n) is 11.3. The first kappa shape index (κ1) is 34.8. The number of carbonyl (C=O) groups excluding carboxylic acids is 1. The first-order valence-electron chi connectivity index (χ1n) is 15.7. The number of hydrogen-bond donors (Lipinski definition) is 1. The van der Waals surface area contributed by atoms with E-state index in [4.69, 9.17) is 47.3 Å². The van der Waals surface area contributed by atoms with Gasteiger partial charge in [-0.25, -0.2) is 24.7 Å². The summed E-state index contributed by atoms with van der Waals surface area (Å²) in [5, 5.41) is 10.0. The van der Waals surface area contributed by atoms with Crippen molar-refractivity contribution >= 4 is 35.0 Å². The molecule has 7 rings (SSSR count). The van der Waals surface area contributed by atoms with Crippen LogP contribution < -0.4 is 9.47 Å². The fourth-order valence-corrected chi connectivity index (χ4v) is 5.48. The fourth-order valence-electron chi connectivity index (χ4n) is 5.16. The molecule has 2 atom stereocenters. The van der Waals surface area contributed by atoms with Crippen molar-refractivity contribution in [2.45, 2.75) is 31.5 Å². The standard InChI is InChI=1S/C21H18ClN3O3.C15H13ClN2O4/c22-17-4-3-15(9-21(17)28-16-5-7-27-12-16)18-10-19(25-13-24-18)20(26)8-14-2-1-6-23-11-14;16-11-2-1-9(5-14(11)22-10-3-4-21-7-10)12-6-13(15(19)20)18-8-17-12/h1-4,6,9-11,13,16H,5,7-8,12H2;1-2,5-6,8,10H,3-4,7H2,(H,19,20). The maximum Gasteiger partial charge on any atom is 0.354 e. The number of pyridine rings is 1. The van der Waals surface area contributed by atoms with Crippen LogP contribution in [0.25, 0.3) is 22.5 Å². The molecule has 2 aliphatic rings. The highest BCUT2D eigenvalue weighted by Crippen LogP contribution is 2.33. The number of nitrogens with zero attached hydrogens (tertiary/aromatic N) is 5. The van der Waals surface area contributed by atoms with Gasteiger partial charge < -0.3 is 24.1 Å². The van der Waals surface area contributed by atoms with Crippen LogP contribution in [0.15, 0.2) is 85.7 Å². The lowest BCUT2D eigenvalue weighted by Crippen LogP contribution is -2.15. The average Bonchev–Trinajstić information content (AvgIpc) is 3.86. The second kappa shape index (κ2) is 16.6. The maximum atomic E-state index is 12.6. The van der Waals surface area contributed by atoms with Gasteiger partial charge in [-0.3, -0.25) is 9.78 Å². The number of aromatic carboxylic acids is 1. The van der Waals surface area contributed by atoms with Gasteiger partial charge in [0.05, 0.1) is 47.9 Å². The molecular weight excluding hydrogens is 685 g/mol. The Bertz CT molecular complexity index is 1960. The molecular formula is C36H31Cl2N5O7. The van der Waals surface area contributed by atoms with E-state index >= 15 is 0 Å². The molecule has 0 spiro atoms. The van der Waals surface area contributed by atoms with Gasteiger partial charge >= 0.3 is 5.97 Å². The van der Waals surface area contributed by atoms with E-state index in [0.29, 0.717) is 70.6 Å². The molecule has 0 amide bonds. The Morgan fingerprint density at radius 3 is 1.82 bits per heavy atom. The minimum absolute atomic E-state index is 0.00484. The first-order valence-corrected chi connectivity index (χ1v) is 16.5. The van der Waals surface area contributed by atoms with Crippen LogP contribution in [0.1, 0.15) is 39.4 Å². The minimum Gasteiger partial charge on any atom is -0.486 e. The molecule has 12 nitrogen and oxygen atoms in total. The number of ether oxygens (including phenoxy) is 4. The molecule has 50 heavy (non-hydrogen) atoms. The van der Waals surface area contributed by atoms with E-state index in [2.05, 4.69) is 24.9 Å².